The lowest BCUT2D eigenvalue weighted by molar-refractivity contribution is 1.01. The van der Waals surface area contributed by atoms with Crippen LogP contribution in [0.4, 0.5) is 5.82 Å². The molecule has 0 aliphatic rings. The highest BCUT2D eigenvalue weighted by atomic mass is 15.1. The van der Waals surface area contributed by atoms with E-state index >= 15 is 0 Å². The van der Waals surface area contributed by atoms with Crippen molar-refractivity contribution in [1.29, 1.82) is 0 Å². The maximum absolute atomic E-state index is 4.21. The Morgan fingerprint density at radius 1 is 1.24 bits per heavy atom. The molecule has 0 saturated heterocycles. The molecule has 5 heteroatoms. The molecule has 2 rings (SSSR count). The molecular weight excluding hydrogens is 214 g/mol. The Morgan fingerprint density at radius 2 is 2.06 bits per heavy atom. The van der Waals surface area contributed by atoms with E-state index in [-0.39, 0.29) is 0 Å². The Labute approximate surface area is 99.4 Å². The highest BCUT2D eigenvalue weighted by molar-refractivity contribution is 5.81. The molecule has 0 unspecified atom stereocenters. The van der Waals surface area contributed by atoms with Crippen LogP contribution in [0, 0.1) is 0 Å². The fourth-order valence-electron chi connectivity index (χ4n) is 1.37. The van der Waals surface area contributed by atoms with E-state index in [1.807, 2.05) is 0 Å². The maximum Gasteiger partial charge on any atom is 0.183 e. The van der Waals surface area contributed by atoms with Crippen molar-refractivity contribution in [3.63, 3.8) is 0 Å². The summed E-state index contributed by atoms with van der Waals surface area (Å²) in [6, 6.07) is 0. The van der Waals surface area contributed by atoms with Crippen molar-refractivity contribution in [1.82, 2.24) is 19.9 Å². The Bertz CT molecular complexity index is 544. The van der Waals surface area contributed by atoms with E-state index in [0.717, 1.165) is 18.5 Å². The summed E-state index contributed by atoms with van der Waals surface area (Å²) in [4.78, 5) is 16.5. The maximum atomic E-state index is 4.21. The first kappa shape index (κ1) is 11.2. The monoisotopic (exact) mass is 227 g/mol. The first-order valence-electron chi connectivity index (χ1n) is 5.27. The van der Waals surface area contributed by atoms with Crippen LogP contribution in [0.3, 0.4) is 0 Å². The number of anilines is 1. The van der Waals surface area contributed by atoms with E-state index in [2.05, 4.69) is 38.4 Å². The van der Waals surface area contributed by atoms with E-state index in [1.165, 1.54) is 6.33 Å². The molecule has 2 aromatic heterocycles. The standard InChI is InChI=1S/C12H13N5/c1-3-9(2)4-5-14-11-10-12(17-8-16-11)15-7-6-13-10/h3,6-8H,1-2,4-5H2,(H,14,15,16,17). The van der Waals surface area contributed by atoms with Gasteiger partial charge in [-0.2, -0.15) is 0 Å². The largest absolute Gasteiger partial charge is 0.368 e. The summed E-state index contributed by atoms with van der Waals surface area (Å²) in [6.45, 7) is 8.24. The number of hydrogen-bond acceptors (Lipinski definition) is 5. The normalized spacial score (nSPS) is 10.1. The summed E-state index contributed by atoms with van der Waals surface area (Å²) < 4.78 is 0. The van der Waals surface area contributed by atoms with Crippen molar-refractivity contribution < 1.29 is 0 Å². The zero-order valence-electron chi connectivity index (χ0n) is 9.43. The molecule has 17 heavy (non-hydrogen) atoms. The van der Waals surface area contributed by atoms with E-state index < -0.39 is 0 Å². The Balaban J connectivity index is 2.13. The van der Waals surface area contributed by atoms with Crippen LogP contribution in [0.1, 0.15) is 6.42 Å². The Morgan fingerprint density at radius 3 is 2.88 bits per heavy atom. The summed E-state index contributed by atoms with van der Waals surface area (Å²) in [5, 5.41) is 3.19. The summed E-state index contributed by atoms with van der Waals surface area (Å²) in [7, 11) is 0. The smallest absolute Gasteiger partial charge is 0.183 e. The third-order valence-corrected chi connectivity index (χ3v) is 2.30. The molecule has 0 amide bonds. The van der Waals surface area contributed by atoms with Crippen molar-refractivity contribution in [2.24, 2.45) is 0 Å². The minimum absolute atomic E-state index is 0.590. The minimum atomic E-state index is 0.590. The summed E-state index contributed by atoms with van der Waals surface area (Å²) in [6.07, 6.45) is 7.27. The number of nitrogens with one attached hydrogen (secondary N) is 1. The van der Waals surface area contributed by atoms with E-state index in [9.17, 15) is 0 Å². The topological polar surface area (TPSA) is 63.6 Å². The van der Waals surface area contributed by atoms with Crippen LogP contribution >= 0.6 is 0 Å². The van der Waals surface area contributed by atoms with Gasteiger partial charge in [-0.25, -0.2) is 19.9 Å². The second-order valence-electron chi connectivity index (χ2n) is 3.49. The molecule has 0 aliphatic heterocycles. The van der Waals surface area contributed by atoms with Crippen LogP contribution in [0.2, 0.25) is 0 Å². The Hall–Kier alpha value is -2.30. The van der Waals surface area contributed by atoms with Gasteiger partial charge in [-0.15, -0.1) is 0 Å². The molecule has 0 fully saturated rings. The van der Waals surface area contributed by atoms with Crippen molar-refractivity contribution in [2.75, 3.05) is 11.9 Å². The van der Waals surface area contributed by atoms with Gasteiger partial charge < -0.3 is 5.32 Å². The highest BCUT2D eigenvalue weighted by Gasteiger charge is 2.04. The second kappa shape index (κ2) is 5.16. The zero-order valence-corrected chi connectivity index (χ0v) is 9.43. The molecule has 0 saturated carbocycles. The Kier molecular flexibility index (Phi) is 3.40. The number of fused-ring (bicyclic) bond motifs is 1. The van der Waals surface area contributed by atoms with Gasteiger partial charge in [0.1, 0.15) is 11.8 Å². The van der Waals surface area contributed by atoms with Crippen LogP contribution in [0.5, 0.6) is 0 Å². The van der Waals surface area contributed by atoms with E-state index in [1.54, 1.807) is 18.5 Å². The van der Waals surface area contributed by atoms with Crippen LogP contribution in [-0.2, 0) is 0 Å². The average Bonchev–Trinajstić information content (AvgIpc) is 2.39. The van der Waals surface area contributed by atoms with Gasteiger partial charge in [0.05, 0.1) is 0 Å². The quantitative estimate of drug-likeness (QED) is 0.791. The van der Waals surface area contributed by atoms with E-state index in [0.29, 0.717) is 17.0 Å². The first-order chi connectivity index (χ1) is 8.31. The van der Waals surface area contributed by atoms with Gasteiger partial charge in [0, 0.05) is 18.9 Å². The van der Waals surface area contributed by atoms with Crippen LogP contribution in [0.15, 0.2) is 43.5 Å². The third-order valence-electron chi connectivity index (χ3n) is 2.30. The number of rotatable bonds is 5. The molecule has 1 N–H and O–H groups in total. The van der Waals surface area contributed by atoms with Crippen molar-refractivity contribution in [3.05, 3.63) is 43.5 Å². The van der Waals surface area contributed by atoms with E-state index in [4.69, 9.17) is 0 Å². The van der Waals surface area contributed by atoms with Crippen molar-refractivity contribution in [2.45, 2.75) is 6.42 Å². The zero-order chi connectivity index (χ0) is 12.1. The third kappa shape index (κ3) is 2.63. The van der Waals surface area contributed by atoms with Crippen LogP contribution in [0.25, 0.3) is 11.2 Å². The first-order valence-corrected chi connectivity index (χ1v) is 5.27. The van der Waals surface area contributed by atoms with Crippen LogP contribution < -0.4 is 5.32 Å². The predicted molar refractivity (Wildman–Crippen MR) is 67.6 cm³/mol. The molecule has 0 aromatic carbocycles. The number of hydrogen-bond donors (Lipinski definition) is 1. The predicted octanol–water partition coefficient (Wildman–Crippen LogP) is 1.96. The van der Waals surface area contributed by atoms with Gasteiger partial charge in [0.15, 0.2) is 11.5 Å². The van der Waals surface area contributed by atoms with Gasteiger partial charge in [0.25, 0.3) is 0 Å². The molecule has 5 nitrogen and oxygen atoms in total. The molecule has 2 aromatic rings. The number of allylic oxidation sites excluding steroid dienone is 1. The van der Waals surface area contributed by atoms with Crippen LogP contribution in [-0.4, -0.2) is 26.5 Å². The van der Waals surface area contributed by atoms with Crippen molar-refractivity contribution >= 4 is 17.0 Å². The minimum Gasteiger partial charge on any atom is -0.368 e. The number of aromatic nitrogens is 4. The summed E-state index contributed by atoms with van der Waals surface area (Å²) in [5.74, 6) is 0.694. The molecule has 0 bridgehead atoms. The molecule has 86 valence electrons. The van der Waals surface area contributed by atoms with Gasteiger partial charge in [-0.1, -0.05) is 24.8 Å². The highest BCUT2D eigenvalue weighted by Crippen LogP contribution is 2.13. The fourth-order valence-corrected chi connectivity index (χ4v) is 1.37. The molecule has 0 spiro atoms. The fraction of sp³-hybridized carbons (Fsp3) is 0.167. The second-order valence-corrected chi connectivity index (χ2v) is 3.49. The lowest BCUT2D eigenvalue weighted by atomic mass is 10.2. The van der Waals surface area contributed by atoms with Gasteiger partial charge in [0.2, 0.25) is 0 Å². The lowest BCUT2D eigenvalue weighted by Gasteiger charge is -2.06. The molecule has 0 atom stereocenters. The molecule has 0 aliphatic carbocycles. The molecular formula is C12H13N5. The summed E-state index contributed by atoms with van der Waals surface area (Å²) in [5.41, 5.74) is 2.26. The summed E-state index contributed by atoms with van der Waals surface area (Å²) >= 11 is 0. The van der Waals surface area contributed by atoms with Crippen molar-refractivity contribution in [3.8, 4) is 0 Å². The molecule has 0 radical (unpaired) electrons. The number of nitrogens with zero attached hydrogens (tertiary/aromatic N) is 4. The average molecular weight is 227 g/mol. The van der Waals surface area contributed by atoms with Gasteiger partial charge in [-0.3, -0.25) is 0 Å². The molecule has 2 heterocycles. The van der Waals surface area contributed by atoms with Gasteiger partial charge >= 0.3 is 0 Å². The lowest BCUT2D eigenvalue weighted by Crippen LogP contribution is -2.05. The SMILES string of the molecule is C=CC(=C)CCNc1ncnc2nccnc12. The van der Waals surface area contributed by atoms with Gasteiger partial charge in [-0.05, 0) is 6.42 Å².